The van der Waals surface area contributed by atoms with Crippen LogP contribution in [0.4, 0.5) is 0 Å². The standard InChI is InChI=1S/C32H53N5O7S/c1-6-11-23(26(38)30(41)33-21-16-17-21)34-29(40)25-22-15-10-14-20(22)18-37(25)31(42)27(32(2,3)4)35-28(39)24(36-45(5,43)44)19-12-8-7-9-13-19/h19-25,27,36H,6-18H2,1-5H3,(H,33,41)(H,34,40)(H,35,39)/t20-,22-,23-,24-,25-,27+/m0/s1. The van der Waals surface area contributed by atoms with Crippen LogP contribution in [0.1, 0.15) is 105 Å². The zero-order valence-corrected chi connectivity index (χ0v) is 28.3. The minimum Gasteiger partial charge on any atom is -0.347 e. The van der Waals surface area contributed by atoms with Crippen molar-refractivity contribution in [2.75, 3.05) is 12.8 Å². The summed E-state index contributed by atoms with van der Waals surface area (Å²) in [6.45, 7) is 7.72. The Morgan fingerprint density at radius 2 is 1.56 bits per heavy atom. The van der Waals surface area contributed by atoms with Crippen LogP contribution in [0, 0.1) is 23.2 Å². The van der Waals surface area contributed by atoms with Gasteiger partial charge in [0, 0.05) is 12.6 Å². The van der Waals surface area contributed by atoms with E-state index in [0.717, 1.165) is 57.6 Å². The lowest BCUT2D eigenvalue weighted by Crippen LogP contribution is -2.62. The maximum absolute atomic E-state index is 14.4. The molecule has 4 amide bonds. The molecule has 4 rings (SSSR count). The molecule has 6 atom stereocenters. The van der Waals surface area contributed by atoms with Crippen molar-refractivity contribution >= 4 is 39.4 Å². The molecule has 12 nitrogen and oxygen atoms in total. The van der Waals surface area contributed by atoms with Crippen LogP contribution in [0.3, 0.4) is 0 Å². The van der Waals surface area contributed by atoms with Crippen LogP contribution < -0.4 is 20.7 Å². The lowest BCUT2D eigenvalue weighted by Gasteiger charge is -2.38. The maximum atomic E-state index is 14.4. The molecule has 13 heteroatoms. The molecule has 254 valence electrons. The molecule has 1 saturated heterocycles. The van der Waals surface area contributed by atoms with Gasteiger partial charge >= 0.3 is 0 Å². The molecule has 4 N–H and O–H groups in total. The summed E-state index contributed by atoms with van der Waals surface area (Å²) in [7, 11) is -3.70. The minimum atomic E-state index is -3.70. The third-order valence-electron chi connectivity index (χ3n) is 9.93. The fourth-order valence-corrected chi connectivity index (χ4v) is 8.19. The van der Waals surface area contributed by atoms with Crippen LogP contribution in [0.25, 0.3) is 0 Å². The summed E-state index contributed by atoms with van der Waals surface area (Å²) in [5.74, 6) is -2.94. The summed E-state index contributed by atoms with van der Waals surface area (Å²) in [6, 6.07) is -3.85. The van der Waals surface area contributed by atoms with Crippen molar-refractivity contribution in [3.63, 3.8) is 0 Å². The molecule has 0 aromatic heterocycles. The SMILES string of the molecule is CCC[C@H](NC(=O)[C@@H]1[C@H]2CCC[C@H]2CN1C(=O)[C@@H](NC(=O)[C@@H](NS(C)(=O)=O)C1CCCCC1)C(C)(C)C)C(=O)C(=O)NC1CC1. The number of amides is 4. The predicted octanol–water partition coefficient (Wildman–Crippen LogP) is 1.78. The van der Waals surface area contributed by atoms with Crippen LogP contribution in [-0.4, -0.2) is 85.7 Å². The summed E-state index contributed by atoms with van der Waals surface area (Å²) in [4.78, 5) is 69.3. The first kappa shape index (κ1) is 35.3. The molecule has 4 fully saturated rings. The van der Waals surface area contributed by atoms with Crippen molar-refractivity contribution < 1.29 is 32.4 Å². The molecular formula is C32H53N5O7S. The van der Waals surface area contributed by atoms with Gasteiger partial charge in [-0.15, -0.1) is 0 Å². The molecule has 4 aliphatic rings. The summed E-state index contributed by atoms with van der Waals surface area (Å²) in [6.07, 6.45) is 10.4. The summed E-state index contributed by atoms with van der Waals surface area (Å²) in [5.41, 5.74) is -0.755. The van der Waals surface area contributed by atoms with E-state index in [9.17, 15) is 32.4 Å². The summed E-state index contributed by atoms with van der Waals surface area (Å²) in [5, 5.41) is 8.44. The van der Waals surface area contributed by atoms with E-state index in [2.05, 4.69) is 20.7 Å². The van der Waals surface area contributed by atoms with Gasteiger partial charge in [-0.1, -0.05) is 59.8 Å². The van der Waals surface area contributed by atoms with E-state index in [1.807, 2.05) is 27.7 Å². The molecule has 0 aromatic rings. The molecule has 1 aliphatic heterocycles. The number of hydrogen-bond donors (Lipinski definition) is 4. The molecule has 0 bridgehead atoms. The Bertz CT molecular complexity index is 1240. The van der Waals surface area contributed by atoms with E-state index in [-0.39, 0.29) is 23.8 Å². The molecule has 1 heterocycles. The van der Waals surface area contributed by atoms with Crippen molar-refractivity contribution in [1.29, 1.82) is 0 Å². The average Bonchev–Trinajstić information content (AvgIpc) is 3.53. The van der Waals surface area contributed by atoms with Gasteiger partial charge in [0.05, 0.1) is 12.3 Å². The Hall–Kier alpha value is -2.54. The predicted molar refractivity (Wildman–Crippen MR) is 169 cm³/mol. The number of sulfonamides is 1. The topological polar surface area (TPSA) is 171 Å². The van der Waals surface area contributed by atoms with Gasteiger partial charge in [-0.2, -0.15) is 0 Å². The molecule has 3 saturated carbocycles. The van der Waals surface area contributed by atoms with Gasteiger partial charge < -0.3 is 20.9 Å². The van der Waals surface area contributed by atoms with Gasteiger partial charge in [-0.3, -0.25) is 24.0 Å². The highest BCUT2D eigenvalue weighted by molar-refractivity contribution is 7.88. The Kier molecular flexibility index (Phi) is 11.4. The molecule has 45 heavy (non-hydrogen) atoms. The summed E-state index contributed by atoms with van der Waals surface area (Å²) < 4.78 is 27.1. The van der Waals surface area contributed by atoms with Gasteiger partial charge in [-0.25, -0.2) is 13.1 Å². The lowest BCUT2D eigenvalue weighted by atomic mass is 9.82. The van der Waals surface area contributed by atoms with Gasteiger partial charge in [0.2, 0.25) is 33.5 Å². The smallest absolute Gasteiger partial charge is 0.289 e. The van der Waals surface area contributed by atoms with E-state index in [1.54, 1.807) is 4.90 Å². The third-order valence-corrected chi connectivity index (χ3v) is 10.6. The van der Waals surface area contributed by atoms with Crippen molar-refractivity contribution in [2.24, 2.45) is 23.2 Å². The normalized spacial score (nSPS) is 26.0. The number of nitrogens with zero attached hydrogens (tertiary/aromatic N) is 1. The monoisotopic (exact) mass is 651 g/mol. The number of Topliss-reactive ketones (excluding diaryl/α,β-unsaturated/α-hetero) is 1. The van der Waals surface area contributed by atoms with E-state index in [1.165, 1.54) is 0 Å². The Morgan fingerprint density at radius 3 is 2.13 bits per heavy atom. The second kappa shape index (κ2) is 14.5. The fourth-order valence-electron chi connectivity index (χ4n) is 7.43. The lowest BCUT2D eigenvalue weighted by molar-refractivity contribution is -0.146. The van der Waals surface area contributed by atoms with Crippen molar-refractivity contribution in [1.82, 2.24) is 25.6 Å². The van der Waals surface area contributed by atoms with Crippen molar-refractivity contribution in [3.05, 3.63) is 0 Å². The molecular weight excluding hydrogens is 598 g/mol. The fraction of sp³-hybridized carbons (Fsp3) is 0.844. The molecule has 0 aromatic carbocycles. The highest BCUT2D eigenvalue weighted by atomic mass is 32.2. The second-order valence-electron chi connectivity index (χ2n) is 14.8. The Labute approximate surface area is 268 Å². The van der Waals surface area contributed by atoms with Crippen LogP contribution in [0.5, 0.6) is 0 Å². The van der Waals surface area contributed by atoms with E-state index >= 15 is 0 Å². The zero-order chi connectivity index (χ0) is 33.1. The highest BCUT2D eigenvalue weighted by Gasteiger charge is 2.52. The number of fused-ring (bicyclic) bond motifs is 1. The number of likely N-dealkylation sites (tertiary alicyclic amines) is 1. The number of carbonyl (C=O) groups is 5. The van der Waals surface area contributed by atoms with Crippen LogP contribution in [0.15, 0.2) is 0 Å². The molecule has 0 radical (unpaired) electrons. The number of ketones is 1. The molecule has 3 aliphatic carbocycles. The van der Waals surface area contributed by atoms with Gasteiger partial charge in [-0.05, 0) is 68.1 Å². The maximum Gasteiger partial charge on any atom is 0.289 e. The van der Waals surface area contributed by atoms with Gasteiger partial charge in [0.25, 0.3) is 5.91 Å². The number of carbonyl (C=O) groups excluding carboxylic acids is 5. The van der Waals surface area contributed by atoms with Crippen LogP contribution >= 0.6 is 0 Å². The Morgan fingerprint density at radius 1 is 0.889 bits per heavy atom. The average molecular weight is 652 g/mol. The van der Waals surface area contributed by atoms with Crippen molar-refractivity contribution in [2.45, 2.75) is 135 Å². The van der Waals surface area contributed by atoms with Crippen molar-refractivity contribution in [3.8, 4) is 0 Å². The first-order chi connectivity index (χ1) is 21.1. The second-order valence-corrected chi connectivity index (χ2v) is 16.6. The third kappa shape index (κ3) is 9.05. The number of rotatable bonds is 13. The Balaban J connectivity index is 1.55. The van der Waals surface area contributed by atoms with Crippen LogP contribution in [-0.2, 0) is 34.0 Å². The van der Waals surface area contributed by atoms with E-state index in [4.69, 9.17) is 0 Å². The van der Waals surface area contributed by atoms with Gasteiger partial charge in [0.1, 0.15) is 18.1 Å². The minimum absolute atomic E-state index is 0.0107. The quantitative estimate of drug-likeness (QED) is 0.220. The first-order valence-corrected chi connectivity index (χ1v) is 18.7. The van der Waals surface area contributed by atoms with E-state index < -0.39 is 69.0 Å². The number of nitrogens with one attached hydrogen (secondary N) is 4. The number of hydrogen-bond acceptors (Lipinski definition) is 7. The highest BCUT2D eigenvalue weighted by Crippen LogP contribution is 2.43. The molecule has 0 spiro atoms. The zero-order valence-electron chi connectivity index (χ0n) is 27.5. The molecule has 0 unspecified atom stereocenters. The van der Waals surface area contributed by atoms with Gasteiger partial charge in [0.15, 0.2) is 0 Å². The van der Waals surface area contributed by atoms with E-state index in [0.29, 0.717) is 32.2 Å². The largest absolute Gasteiger partial charge is 0.347 e. The summed E-state index contributed by atoms with van der Waals surface area (Å²) >= 11 is 0. The first-order valence-electron chi connectivity index (χ1n) is 16.8. The van der Waals surface area contributed by atoms with Crippen LogP contribution in [0.2, 0.25) is 0 Å².